The largest absolute Gasteiger partial charge is 0.476 e. The number of amides is 2. The predicted molar refractivity (Wildman–Crippen MR) is 165 cm³/mol. The molecule has 0 aliphatic carbocycles. The van der Waals surface area contributed by atoms with Crippen molar-refractivity contribution in [1.29, 1.82) is 0 Å². The number of rotatable bonds is 5. The van der Waals surface area contributed by atoms with Gasteiger partial charge in [0.1, 0.15) is 29.9 Å². The fourth-order valence-corrected chi connectivity index (χ4v) is 6.87. The Hall–Kier alpha value is -4.84. The van der Waals surface area contributed by atoms with Crippen LogP contribution in [-0.2, 0) is 28.0 Å². The molecule has 3 aliphatic rings. The number of halogens is 1. The molecule has 0 radical (unpaired) electrons. The topological polar surface area (TPSA) is 152 Å². The number of nitrogens with one attached hydrogen (secondary N) is 3. The van der Waals surface area contributed by atoms with Crippen molar-refractivity contribution in [2.45, 2.75) is 50.6 Å². The first-order chi connectivity index (χ1) is 21.7. The number of carboxylic acid groups (broad SMARTS) is 1. The van der Waals surface area contributed by atoms with Crippen molar-refractivity contribution in [1.82, 2.24) is 15.6 Å². The third kappa shape index (κ3) is 4.71. The molecule has 230 valence electrons. The minimum Gasteiger partial charge on any atom is -0.476 e. The Morgan fingerprint density at radius 3 is 2.67 bits per heavy atom. The van der Waals surface area contributed by atoms with Gasteiger partial charge in [0.2, 0.25) is 11.8 Å². The third-order valence-electron chi connectivity index (χ3n) is 8.52. The summed E-state index contributed by atoms with van der Waals surface area (Å²) in [5.74, 6) is -1.34. The fraction of sp³-hybridized carbons (Fsp3) is 0.273. The quantitative estimate of drug-likeness (QED) is 0.222. The molecule has 0 saturated heterocycles. The first-order valence-corrected chi connectivity index (χ1v) is 15.3. The van der Waals surface area contributed by atoms with Crippen LogP contribution in [-0.4, -0.2) is 40.3 Å². The summed E-state index contributed by atoms with van der Waals surface area (Å²) in [7, 11) is 0. The second kappa shape index (κ2) is 11.0. The number of ether oxygens (including phenoxy) is 2. The number of nitrogens with zero attached hydrogens (tertiary/aromatic N) is 1. The van der Waals surface area contributed by atoms with Crippen molar-refractivity contribution in [3.8, 4) is 5.75 Å². The van der Waals surface area contributed by atoms with Crippen molar-refractivity contribution >= 4 is 39.6 Å². The second-order valence-electron chi connectivity index (χ2n) is 11.7. The van der Waals surface area contributed by atoms with E-state index in [0.717, 1.165) is 21.3 Å². The smallest absolute Gasteiger partial charge is 0.408 e. The Balaban J connectivity index is 1.36. The molecule has 4 heterocycles. The van der Waals surface area contributed by atoms with Crippen LogP contribution in [0.5, 0.6) is 5.75 Å². The molecule has 4 N–H and O–H groups in total. The Labute approximate surface area is 266 Å². The van der Waals surface area contributed by atoms with Gasteiger partial charge in [-0.05, 0) is 45.1 Å². The summed E-state index contributed by atoms with van der Waals surface area (Å²) >= 11 is 3.62. The van der Waals surface area contributed by atoms with Crippen LogP contribution in [0, 0.1) is 5.92 Å². The number of aromatic carboxylic acids is 1. The maximum atomic E-state index is 13.8. The van der Waals surface area contributed by atoms with Gasteiger partial charge in [-0.15, -0.1) is 0 Å². The average molecular weight is 674 g/mol. The van der Waals surface area contributed by atoms with Gasteiger partial charge in [-0.1, -0.05) is 68.4 Å². The van der Waals surface area contributed by atoms with E-state index in [2.05, 4.69) is 36.9 Å². The number of hydrogen-bond donors (Lipinski definition) is 4. The van der Waals surface area contributed by atoms with E-state index in [0.29, 0.717) is 16.9 Å². The van der Waals surface area contributed by atoms with E-state index in [-0.39, 0.29) is 36.3 Å². The number of oxazole rings is 1. The van der Waals surface area contributed by atoms with Gasteiger partial charge in [0.15, 0.2) is 17.7 Å². The molecule has 3 aliphatic heterocycles. The van der Waals surface area contributed by atoms with Gasteiger partial charge in [-0.25, -0.2) is 14.6 Å². The zero-order valence-electron chi connectivity index (χ0n) is 24.3. The molecule has 11 nitrogen and oxygen atoms in total. The number of benzene rings is 3. The first-order valence-electron chi connectivity index (χ1n) is 14.5. The van der Waals surface area contributed by atoms with Crippen LogP contribution in [0.4, 0.5) is 10.5 Å². The Bertz CT molecular complexity index is 1840. The number of carboxylic acids is 1. The Morgan fingerprint density at radius 2 is 1.91 bits per heavy atom. The van der Waals surface area contributed by atoms with E-state index in [9.17, 15) is 19.5 Å². The maximum absolute atomic E-state index is 13.8. The number of carbonyl (C=O) groups is 3. The van der Waals surface area contributed by atoms with Crippen molar-refractivity contribution in [3.05, 3.63) is 111 Å². The van der Waals surface area contributed by atoms with Crippen LogP contribution >= 0.6 is 15.9 Å². The molecule has 1 spiro atoms. The average Bonchev–Trinajstić information content (AvgIpc) is 3.68. The van der Waals surface area contributed by atoms with Crippen LogP contribution in [0.25, 0.3) is 0 Å². The molecule has 45 heavy (non-hydrogen) atoms. The van der Waals surface area contributed by atoms with Gasteiger partial charge >= 0.3 is 12.1 Å². The summed E-state index contributed by atoms with van der Waals surface area (Å²) < 4.78 is 19.1. The highest BCUT2D eigenvalue weighted by Gasteiger charge is 2.61. The van der Waals surface area contributed by atoms with E-state index in [1.54, 1.807) is 6.07 Å². The molecule has 0 saturated carbocycles. The molecule has 7 rings (SSSR count). The van der Waals surface area contributed by atoms with E-state index in [4.69, 9.17) is 13.9 Å². The summed E-state index contributed by atoms with van der Waals surface area (Å²) in [5, 5.41) is 19.5. The van der Waals surface area contributed by atoms with Crippen molar-refractivity contribution in [2.75, 3.05) is 5.32 Å². The van der Waals surface area contributed by atoms with Gasteiger partial charge in [-0.2, -0.15) is 0 Å². The summed E-state index contributed by atoms with van der Waals surface area (Å²) in [6.45, 7) is 3.76. The van der Waals surface area contributed by atoms with Crippen molar-refractivity contribution < 1.29 is 33.4 Å². The maximum Gasteiger partial charge on any atom is 0.408 e. The van der Waals surface area contributed by atoms with Crippen molar-refractivity contribution in [2.24, 2.45) is 5.92 Å². The van der Waals surface area contributed by atoms with E-state index < -0.39 is 41.7 Å². The lowest BCUT2D eigenvalue weighted by atomic mass is 9.72. The van der Waals surface area contributed by atoms with Gasteiger partial charge < -0.3 is 34.9 Å². The van der Waals surface area contributed by atoms with Crippen LogP contribution in [0.1, 0.15) is 64.3 Å². The summed E-state index contributed by atoms with van der Waals surface area (Å²) in [4.78, 5) is 44.0. The van der Waals surface area contributed by atoms with Crippen LogP contribution < -0.4 is 20.7 Å². The number of fused-ring (bicyclic) bond motifs is 4. The minimum atomic E-state index is -1.27. The number of aromatic nitrogens is 1. The molecule has 2 amide bonds. The number of alkyl carbamates (subject to hydrolysis) is 1. The highest BCUT2D eigenvalue weighted by atomic mass is 79.9. The van der Waals surface area contributed by atoms with E-state index in [1.165, 1.54) is 0 Å². The summed E-state index contributed by atoms with van der Waals surface area (Å²) in [6, 6.07) is 18.5. The molecule has 3 aromatic carbocycles. The minimum absolute atomic E-state index is 0.0365. The standard InChI is InChI=1S/C33H29BrN4O7/c1-16(2)24-29-37-26(30(40)41)27(45-29)33-19-9-6-10-21(34)25(19)38-31(33)44-23-12-11-18(13-20(23)33)14-22(28(39)36-24)35-32(42)43-15-17-7-4-3-5-8-17/h3-13,16,22,24,31,38H,14-15H2,1-2H3,(H,35,42)(H,36,39)(H,40,41)/t22?,24-,31?,33?/m0/s1. The molecule has 4 atom stereocenters. The van der Waals surface area contributed by atoms with Gasteiger partial charge in [0.05, 0.1) is 5.69 Å². The summed E-state index contributed by atoms with van der Waals surface area (Å²) in [5.41, 5.74) is 2.18. The third-order valence-corrected chi connectivity index (χ3v) is 9.18. The number of para-hydroxylation sites is 1. The van der Waals surface area contributed by atoms with Crippen LogP contribution in [0.15, 0.2) is 75.6 Å². The van der Waals surface area contributed by atoms with Crippen molar-refractivity contribution in [3.63, 3.8) is 0 Å². The lowest BCUT2D eigenvalue weighted by molar-refractivity contribution is -0.124. The van der Waals surface area contributed by atoms with Crippen LogP contribution in [0.2, 0.25) is 0 Å². The van der Waals surface area contributed by atoms with Gasteiger partial charge in [0.25, 0.3) is 0 Å². The molecule has 12 heteroatoms. The molecular weight excluding hydrogens is 644 g/mol. The molecular formula is C33H29BrN4O7. The normalized spacial score (nSPS) is 22.6. The number of anilines is 1. The van der Waals surface area contributed by atoms with Gasteiger partial charge in [0, 0.05) is 22.0 Å². The summed E-state index contributed by atoms with van der Waals surface area (Å²) in [6.07, 6.45) is -1.37. The molecule has 4 bridgehead atoms. The van der Waals surface area contributed by atoms with E-state index in [1.807, 2.05) is 74.5 Å². The molecule has 1 aromatic heterocycles. The number of hydrogen-bond acceptors (Lipinski definition) is 8. The predicted octanol–water partition coefficient (Wildman–Crippen LogP) is 5.28. The zero-order valence-corrected chi connectivity index (χ0v) is 25.9. The highest BCUT2D eigenvalue weighted by Crippen LogP contribution is 2.59. The first kappa shape index (κ1) is 28.9. The Morgan fingerprint density at radius 1 is 1.11 bits per heavy atom. The molecule has 0 fully saturated rings. The number of carbonyl (C=O) groups excluding carboxylic acids is 2. The lowest BCUT2D eigenvalue weighted by Crippen LogP contribution is -2.49. The molecule has 3 unspecified atom stereocenters. The fourth-order valence-electron chi connectivity index (χ4n) is 6.39. The van der Waals surface area contributed by atoms with E-state index >= 15 is 0 Å². The van der Waals surface area contributed by atoms with Gasteiger partial charge in [-0.3, -0.25) is 4.79 Å². The monoisotopic (exact) mass is 672 g/mol. The van der Waals surface area contributed by atoms with Crippen LogP contribution in [0.3, 0.4) is 0 Å². The highest BCUT2D eigenvalue weighted by molar-refractivity contribution is 9.10. The second-order valence-corrected chi connectivity index (χ2v) is 12.5. The zero-order chi connectivity index (χ0) is 31.5. The molecule has 4 aromatic rings. The SMILES string of the molecule is CC(C)[C@@H]1NC(=O)C(NC(=O)OCc2ccccc2)Cc2ccc3c(c2)C2(c4cccc(Br)c4NC2O3)c2oc1nc2C(=O)O. The Kier molecular flexibility index (Phi) is 7.03. The lowest BCUT2D eigenvalue weighted by Gasteiger charge is -2.28.